The predicted octanol–water partition coefficient (Wildman–Crippen LogP) is 2.51. The van der Waals surface area contributed by atoms with E-state index >= 15 is 0 Å². The topological polar surface area (TPSA) is 41.9 Å². The van der Waals surface area contributed by atoms with Crippen LogP contribution in [-0.2, 0) is 16.0 Å². The number of aromatic hydroxyl groups is 1. The minimum atomic E-state index is -0.268. The van der Waals surface area contributed by atoms with E-state index in [0.717, 1.165) is 45.4 Å². The van der Waals surface area contributed by atoms with Crippen LogP contribution in [0.5, 0.6) is 5.75 Å². The summed E-state index contributed by atoms with van der Waals surface area (Å²) in [5.74, 6) is 0.0575. The van der Waals surface area contributed by atoms with Crippen molar-refractivity contribution < 1.29 is 14.6 Å². The Morgan fingerprint density at radius 1 is 1.15 bits per heavy atom. The summed E-state index contributed by atoms with van der Waals surface area (Å²) in [5, 5.41) is 9.32. The average Bonchev–Trinajstić information content (AvgIpc) is 2.90. The quantitative estimate of drug-likeness (QED) is 0.922. The molecule has 4 nitrogen and oxygen atoms in total. The van der Waals surface area contributed by atoms with Crippen molar-refractivity contribution in [3.63, 3.8) is 0 Å². The van der Waals surface area contributed by atoms with Gasteiger partial charge in [0.25, 0.3) is 0 Å². The Morgan fingerprint density at radius 3 is 2.35 bits per heavy atom. The van der Waals surface area contributed by atoms with Crippen LogP contribution in [0, 0.1) is 0 Å². The molecule has 110 valence electrons. The lowest BCUT2D eigenvalue weighted by Gasteiger charge is -2.39. The normalized spacial score (nSPS) is 22.7. The first-order valence-electron chi connectivity index (χ1n) is 7.43. The minimum Gasteiger partial charge on any atom is -0.508 e. The fourth-order valence-electron chi connectivity index (χ4n) is 3.29. The van der Waals surface area contributed by atoms with Gasteiger partial charge in [-0.3, -0.25) is 4.90 Å². The van der Waals surface area contributed by atoms with E-state index in [1.165, 1.54) is 5.56 Å². The number of hydrogen-bond acceptors (Lipinski definition) is 4. The molecule has 1 aliphatic carbocycles. The standard InChI is InChI=1S/C16H23NO3/c1-17(12-13-2-4-15(18)5-3-13)14-6-8-16(9-7-14)19-10-11-20-16/h2-5,14,18H,6-12H2,1H3. The minimum absolute atomic E-state index is 0.268. The molecular formula is C16H23NO3. The van der Waals surface area contributed by atoms with Gasteiger partial charge in [-0.25, -0.2) is 0 Å². The van der Waals surface area contributed by atoms with Gasteiger partial charge in [-0.1, -0.05) is 12.1 Å². The van der Waals surface area contributed by atoms with Crippen LogP contribution in [-0.4, -0.2) is 42.1 Å². The summed E-state index contributed by atoms with van der Waals surface area (Å²) in [7, 11) is 2.17. The number of benzene rings is 1. The molecule has 1 aliphatic heterocycles. The maximum absolute atomic E-state index is 9.32. The van der Waals surface area contributed by atoms with Crippen LogP contribution in [0.25, 0.3) is 0 Å². The van der Waals surface area contributed by atoms with Gasteiger partial charge in [0.05, 0.1) is 13.2 Å². The summed E-state index contributed by atoms with van der Waals surface area (Å²) in [5.41, 5.74) is 1.24. The second kappa shape index (κ2) is 5.72. The van der Waals surface area contributed by atoms with Gasteiger partial charge < -0.3 is 14.6 Å². The Hall–Kier alpha value is -1.10. The molecule has 1 aromatic carbocycles. The summed E-state index contributed by atoms with van der Waals surface area (Å²) in [6.07, 6.45) is 4.23. The van der Waals surface area contributed by atoms with Crippen molar-refractivity contribution in [1.29, 1.82) is 0 Å². The van der Waals surface area contributed by atoms with E-state index < -0.39 is 0 Å². The SMILES string of the molecule is CN(Cc1ccc(O)cc1)C1CCC2(CC1)OCCO2. The lowest BCUT2D eigenvalue weighted by molar-refractivity contribution is -0.183. The van der Waals surface area contributed by atoms with Gasteiger partial charge in [0.15, 0.2) is 5.79 Å². The molecule has 1 N–H and O–H groups in total. The largest absolute Gasteiger partial charge is 0.508 e. The Balaban J connectivity index is 1.53. The van der Waals surface area contributed by atoms with Crippen molar-refractivity contribution in [3.8, 4) is 5.75 Å². The summed E-state index contributed by atoms with van der Waals surface area (Å²) in [6, 6.07) is 8.05. The molecule has 0 atom stereocenters. The van der Waals surface area contributed by atoms with Crippen molar-refractivity contribution in [1.82, 2.24) is 4.90 Å². The predicted molar refractivity (Wildman–Crippen MR) is 76.5 cm³/mol. The molecule has 4 heteroatoms. The first-order valence-corrected chi connectivity index (χ1v) is 7.43. The molecule has 1 aromatic rings. The second-order valence-electron chi connectivity index (χ2n) is 5.92. The van der Waals surface area contributed by atoms with Crippen molar-refractivity contribution in [2.24, 2.45) is 0 Å². The molecule has 0 aromatic heterocycles. The van der Waals surface area contributed by atoms with Gasteiger partial charge in [-0.15, -0.1) is 0 Å². The molecule has 20 heavy (non-hydrogen) atoms. The third kappa shape index (κ3) is 2.97. The Labute approximate surface area is 120 Å². The monoisotopic (exact) mass is 277 g/mol. The number of phenolic OH excluding ortho intramolecular Hbond substituents is 1. The maximum Gasteiger partial charge on any atom is 0.168 e. The van der Waals surface area contributed by atoms with Gasteiger partial charge >= 0.3 is 0 Å². The number of hydrogen-bond donors (Lipinski definition) is 1. The van der Waals surface area contributed by atoms with E-state index in [-0.39, 0.29) is 5.79 Å². The van der Waals surface area contributed by atoms with Gasteiger partial charge in [-0.05, 0) is 37.6 Å². The smallest absolute Gasteiger partial charge is 0.168 e. The molecule has 0 unspecified atom stereocenters. The van der Waals surface area contributed by atoms with E-state index in [0.29, 0.717) is 11.8 Å². The number of phenols is 1. The molecule has 0 bridgehead atoms. The lowest BCUT2D eigenvalue weighted by Crippen LogP contribution is -2.42. The zero-order chi connectivity index (χ0) is 14.0. The van der Waals surface area contributed by atoms with Gasteiger partial charge in [-0.2, -0.15) is 0 Å². The number of nitrogens with zero attached hydrogens (tertiary/aromatic N) is 1. The molecule has 0 radical (unpaired) electrons. The highest BCUT2D eigenvalue weighted by atomic mass is 16.7. The molecule has 1 saturated carbocycles. The first-order chi connectivity index (χ1) is 9.67. The highest BCUT2D eigenvalue weighted by molar-refractivity contribution is 5.25. The number of ether oxygens (including phenoxy) is 2. The Kier molecular flexibility index (Phi) is 3.96. The van der Waals surface area contributed by atoms with Crippen LogP contribution in [0.3, 0.4) is 0 Å². The van der Waals surface area contributed by atoms with Crippen LogP contribution >= 0.6 is 0 Å². The molecule has 2 aliphatic rings. The summed E-state index contributed by atoms with van der Waals surface area (Å²) >= 11 is 0. The van der Waals surface area contributed by atoms with Crippen molar-refractivity contribution in [2.75, 3.05) is 20.3 Å². The van der Waals surface area contributed by atoms with Gasteiger partial charge in [0, 0.05) is 25.4 Å². The van der Waals surface area contributed by atoms with Crippen molar-refractivity contribution in [3.05, 3.63) is 29.8 Å². The third-order valence-corrected chi connectivity index (χ3v) is 4.52. The van der Waals surface area contributed by atoms with E-state index in [4.69, 9.17) is 9.47 Å². The molecule has 1 heterocycles. The fraction of sp³-hybridized carbons (Fsp3) is 0.625. The Morgan fingerprint density at radius 2 is 1.75 bits per heavy atom. The average molecular weight is 277 g/mol. The van der Waals surface area contributed by atoms with E-state index in [1.807, 2.05) is 12.1 Å². The lowest BCUT2D eigenvalue weighted by atomic mass is 9.89. The molecule has 3 rings (SSSR count). The van der Waals surface area contributed by atoms with Crippen molar-refractivity contribution >= 4 is 0 Å². The van der Waals surface area contributed by atoms with Crippen LogP contribution in [0.4, 0.5) is 0 Å². The Bertz CT molecular complexity index is 430. The highest BCUT2D eigenvalue weighted by Crippen LogP contribution is 2.37. The summed E-state index contributed by atoms with van der Waals surface area (Å²) < 4.78 is 11.5. The second-order valence-corrected chi connectivity index (χ2v) is 5.92. The van der Waals surface area contributed by atoms with Crippen LogP contribution in [0.15, 0.2) is 24.3 Å². The molecule has 0 amide bonds. The number of rotatable bonds is 3. The molecule has 1 saturated heterocycles. The van der Waals surface area contributed by atoms with E-state index in [1.54, 1.807) is 12.1 Å². The third-order valence-electron chi connectivity index (χ3n) is 4.52. The van der Waals surface area contributed by atoms with Crippen molar-refractivity contribution in [2.45, 2.75) is 44.1 Å². The zero-order valence-corrected chi connectivity index (χ0v) is 12.0. The molecule has 1 spiro atoms. The highest BCUT2D eigenvalue weighted by Gasteiger charge is 2.40. The van der Waals surface area contributed by atoms with Crippen LogP contribution in [0.1, 0.15) is 31.2 Å². The van der Waals surface area contributed by atoms with E-state index in [2.05, 4.69) is 11.9 Å². The fourth-order valence-corrected chi connectivity index (χ4v) is 3.29. The first kappa shape index (κ1) is 13.9. The summed E-state index contributed by atoms with van der Waals surface area (Å²) in [4.78, 5) is 2.40. The van der Waals surface area contributed by atoms with Crippen LogP contribution < -0.4 is 0 Å². The summed E-state index contributed by atoms with van der Waals surface area (Å²) in [6.45, 7) is 2.40. The maximum atomic E-state index is 9.32. The van der Waals surface area contributed by atoms with Crippen LogP contribution in [0.2, 0.25) is 0 Å². The van der Waals surface area contributed by atoms with E-state index in [9.17, 15) is 5.11 Å². The van der Waals surface area contributed by atoms with Gasteiger partial charge in [0.1, 0.15) is 5.75 Å². The zero-order valence-electron chi connectivity index (χ0n) is 12.0. The van der Waals surface area contributed by atoms with Gasteiger partial charge in [0.2, 0.25) is 0 Å². The molecule has 2 fully saturated rings. The molecular weight excluding hydrogens is 254 g/mol.